The van der Waals surface area contributed by atoms with E-state index in [1.807, 2.05) is 0 Å². The van der Waals surface area contributed by atoms with Crippen molar-refractivity contribution in [1.82, 2.24) is 5.32 Å². The molecule has 27 heavy (non-hydrogen) atoms. The first kappa shape index (κ1) is 25.8. The standard InChI is InChI=1S/C21H39NO5/c1-2-3-4-5-6-7-8-9-10-12-21(24)22-13-16-26-18-20-27-19-17-25-15-11-14-23/h3-4,14H,2,5-13,15-20H2,1H3,(H,22,24)/b4-3-. The van der Waals surface area contributed by atoms with Gasteiger partial charge in [-0.25, -0.2) is 0 Å². The van der Waals surface area contributed by atoms with E-state index in [0.29, 0.717) is 59.0 Å². The van der Waals surface area contributed by atoms with Gasteiger partial charge in [0.1, 0.15) is 6.29 Å². The average molecular weight is 386 g/mol. The van der Waals surface area contributed by atoms with Crippen LogP contribution in [0.5, 0.6) is 0 Å². The van der Waals surface area contributed by atoms with Crippen LogP contribution < -0.4 is 5.32 Å². The molecule has 0 unspecified atom stereocenters. The number of rotatable bonds is 21. The first-order valence-corrected chi connectivity index (χ1v) is 10.4. The summed E-state index contributed by atoms with van der Waals surface area (Å²) in [6.45, 7) is 5.61. The molecule has 0 spiro atoms. The SMILES string of the molecule is CC/C=C\CCCCCCCC(=O)NCCOCCOCCOCCC=O. The van der Waals surface area contributed by atoms with Gasteiger partial charge in [-0.15, -0.1) is 0 Å². The van der Waals surface area contributed by atoms with Crippen molar-refractivity contribution < 1.29 is 23.8 Å². The molecule has 158 valence electrons. The maximum absolute atomic E-state index is 11.7. The fraction of sp³-hybridized carbons (Fsp3) is 0.810. The normalized spacial score (nSPS) is 11.1. The fourth-order valence-electron chi connectivity index (χ4n) is 2.39. The molecule has 0 heterocycles. The van der Waals surface area contributed by atoms with Gasteiger partial charge in [-0.3, -0.25) is 4.79 Å². The number of carbonyl (C=O) groups excluding carboxylic acids is 2. The Balaban J connectivity index is 3.17. The first-order chi connectivity index (χ1) is 13.3. The second-order valence-electron chi connectivity index (χ2n) is 6.33. The van der Waals surface area contributed by atoms with Gasteiger partial charge in [0.2, 0.25) is 5.91 Å². The van der Waals surface area contributed by atoms with Crippen molar-refractivity contribution in [2.75, 3.05) is 46.2 Å². The molecule has 0 saturated carbocycles. The van der Waals surface area contributed by atoms with E-state index in [-0.39, 0.29) is 5.91 Å². The molecule has 0 aromatic carbocycles. The van der Waals surface area contributed by atoms with Gasteiger partial charge in [0, 0.05) is 19.4 Å². The molecule has 6 nitrogen and oxygen atoms in total. The summed E-state index contributed by atoms with van der Waals surface area (Å²) >= 11 is 0. The molecule has 0 atom stereocenters. The Labute approximate surface area is 165 Å². The quantitative estimate of drug-likeness (QED) is 0.186. The highest BCUT2D eigenvalue weighted by Gasteiger charge is 2.00. The van der Waals surface area contributed by atoms with Gasteiger partial charge < -0.3 is 24.3 Å². The Morgan fingerprint density at radius 1 is 0.778 bits per heavy atom. The molecule has 0 aliphatic heterocycles. The van der Waals surface area contributed by atoms with Crippen LogP contribution in [0, 0.1) is 0 Å². The average Bonchev–Trinajstić information content (AvgIpc) is 2.67. The number of hydrogen-bond acceptors (Lipinski definition) is 5. The summed E-state index contributed by atoms with van der Waals surface area (Å²) in [4.78, 5) is 21.8. The molecule has 0 aliphatic rings. The molecule has 0 bridgehead atoms. The van der Waals surface area contributed by atoms with E-state index >= 15 is 0 Å². The number of hydrogen-bond donors (Lipinski definition) is 1. The van der Waals surface area contributed by atoms with Crippen molar-refractivity contribution in [2.45, 2.75) is 64.7 Å². The van der Waals surface area contributed by atoms with Gasteiger partial charge in [-0.2, -0.15) is 0 Å². The zero-order valence-corrected chi connectivity index (χ0v) is 17.1. The molecular weight excluding hydrogens is 346 g/mol. The summed E-state index contributed by atoms with van der Waals surface area (Å²) < 4.78 is 15.9. The predicted molar refractivity (Wildman–Crippen MR) is 108 cm³/mol. The lowest BCUT2D eigenvalue weighted by molar-refractivity contribution is -0.121. The molecular formula is C21H39NO5. The van der Waals surface area contributed by atoms with Crippen molar-refractivity contribution in [3.63, 3.8) is 0 Å². The smallest absolute Gasteiger partial charge is 0.220 e. The maximum atomic E-state index is 11.7. The van der Waals surface area contributed by atoms with Gasteiger partial charge in [-0.05, 0) is 25.7 Å². The molecule has 0 radical (unpaired) electrons. The third-order valence-corrected chi connectivity index (χ3v) is 3.87. The molecule has 0 aromatic heterocycles. The zero-order chi connectivity index (χ0) is 19.8. The van der Waals surface area contributed by atoms with Crippen molar-refractivity contribution in [3.05, 3.63) is 12.2 Å². The molecule has 1 amide bonds. The molecule has 0 aromatic rings. The lowest BCUT2D eigenvalue weighted by atomic mass is 10.1. The summed E-state index contributed by atoms with van der Waals surface area (Å²) in [6.07, 6.45) is 14.4. The van der Waals surface area contributed by atoms with Crippen LogP contribution in [-0.2, 0) is 23.8 Å². The minimum Gasteiger partial charge on any atom is -0.379 e. The summed E-state index contributed by atoms with van der Waals surface area (Å²) in [5.74, 6) is 0.105. The van der Waals surface area contributed by atoms with Crippen LogP contribution in [0.15, 0.2) is 12.2 Å². The minimum atomic E-state index is 0.105. The Hall–Kier alpha value is -1.24. The van der Waals surface area contributed by atoms with Gasteiger partial charge in [0.15, 0.2) is 0 Å². The van der Waals surface area contributed by atoms with Crippen molar-refractivity contribution in [1.29, 1.82) is 0 Å². The number of carbonyl (C=O) groups is 2. The van der Waals surface area contributed by atoms with Crippen LogP contribution in [0.2, 0.25) is 0 Å². The lowest BCUT2D eigenvalue weighted by Crippen LogP contribution is -2.27. The van der Waals surface area contributed by atoms with Gasteiger partial charge >= 0.3 is 0 Å². The third kappa shape index (κ3) is 22.7. The summed E-state index contributed by atoms with van der Waals surface area (Å²) in [5.41, 5.74) is 0. The van der Waals surface area contributed by atoms with Crippen molar-refractivity contribution >= 4 is 12.2 Å². The highest BCUT2D eigenvalue weighted by Crippen LogP contribution is 2.07. The Bertz CT molecular complexity index is 360. The number of amides is 1. The van der Waals surface area contributed by atoms with E-state index in [4.69, 9.17) is 14.2 Å². The maximum Gasteiger partial charge on any atom is 0.220 e. The topological polar surface area (TPSA) is 73.9 Å². The molecule has 1 N–H and O–H groups in total. The fourth-order valence-corrected chi connectivity index (χ4v) is 2.39. The largest absolute Gasteiger partial charge is 0.379 e. The summed E-state index contributed by atoms with van der Waals surface area (Å²) in [7, 11) is 0. The van der Waals surface area contributed by atoms with Crippen LogP contribution in [0.4, 0.5) is 0 Å². The zero-order valence-electron chi connectivity index (χ0n) is 17.1. The number of unbranched alkanes of at least 4 members (excludes halogenated alkanes) is 5. The van der Waals surface area contributed by atoms with E-state index in [1.54, 1.807) is 0 Å². The Morgan fingerprint density at radius 2 is 1.41 bits per heavy atom. The van der Waals surface area contributed by atoms with E-state index < -0.39 is 0 Å². The van der Waals surface area contributed by atoms with Crippen LogP contribution >= 0.6 is 0 Å². The monoisotopic (exact) mass is 385 g/mol. The molecule has 0 rings (SSSR count). The Kier molecular flexibility index (Phi) is 21.8. The molecule has 6 heteroatoms. The summed E-state index contributed by atoms with van der Waals surface area (Å²) in [6, 6.07) is 0. The van der Waals surface area contributed by atoms with Crippen LogP contribution in [0.1, 0.15) is 64.7 Å². The van der Waals surface area contributed by atoms with Gasteiger partial charge in [0.25, 0.3) is 0 Å². The van der Waals surface area contributed by atoms with Crippen molar-refractivity contribution in [2.24, 2.45) is 0 Å². The van der Waals surface area contributed by atoms with Crippen LogP contribution in [0.3, 0.4) is 0 Å². The van der Waals surface area contributed by atoms with E-state index in [1.165, 1.54) is 25.7 Å². The Morgan fingerprint density at radius 3 is 2.11 bits per heavy atom. The highest BCUT2D eigenvalue weighted by atomic mass is 16.5. The summed E-state index contributed by atoms with van der Waals surface area (Å²) in [5, 5.41) is 2.88. The van der Waals surface area contributed by atoms with E-state index in [9.17, 15) is 9.59 Å². The predicted octanol–water partition coefficient (Wildman–Crippen LogP) is 3.44. The second kappa shape index (κ2) is 22.8. The van der Waals surface area contributed by atoms with E-state index in [2.05, 4.69) is 24.4 Å². The van der Waals surface area contributed by atoms with Gasteiger partial charge in [0.05, 0.1) is 39.6 Å². The van der Waals surface area contributed by atoms with Crippen molar-refractivity contribution in [3.8, 4) is 0 Å². The number of aldehydes is 1. The number of nitrogens with one attached hydrogen (secondary N) is 1. The first-order valence-electron chi connectivity index (χ1n) is 10.4. The molecule has 0 fully saturated rings. The lowest BCUT2D eigenvalue weighted by Gasteiger charge is -2.07. The highest BCUT2D eigenvalue weighted by molar-refractivity contribution is 5.75. The molecule has 0 saturated heterocycles. The second-order valence-corrected chi connectivity index (χ2v) is 6.33. The number of allylic oxidation sites excluding steroid dienone is 2. The minimum absolute atomic E-state index is 0.105. The van der Waals surface area contributed by atoms with E-state index in [0.717, 1.165) is 25.5 Å². The third-order valence-electron chi connectivity index (χ3n) is 3.87. The van der Waals surface area contributed by atoms with Gasteiger partial charge in [-0.1, -0.05) is 38.3 Å². The van der Waals surface area contributed by atoms with Crippen LogP contribution in [-0.4, -0.2) is 58.4 Å². The molecule has 0 aliphatic carbocycles. The number of ether oxygens (including phenoxy) is 3. The van der Waals surface area contributed by atoms with Crippen LogP contribution in [0.25, 0.3) is 0 Å².